The minimum Gasteiger partial charge on any atom is -0.254 e. The largest absolute Gasteiger partial charge is 0.254 e. The molecule has 2 nitrogen and oxygen atoms in total. The summed E-state index contributed by atoms with van der Waals surface area (Å²) in [5.74, 6) is 0.389. The second-order valence-corrected chi connectivity index (χ2v) is 7.72. The van der Waals surface area contributed by atoms with E-state index in [2.05, 4.69) is 13.0 Å². The molecule has 0 saturated heterocycles. The van der Waals surface area contributed by atoms with Gasteiger partial charge < -0.3 is 0 Å². The first kappa shape index (κ1) is 15.8. The van der Waals surface area contributed by atoms with Crippen LogP contribution in [-0.4, -0.2) is 9.46 Å². The van der Waals surface area contributed by atoms with Crippen molar-refractivity contribution >= 4 is 34.0 Å². The smallest absolute Gasteiger partial charge is 0.0668 e. The number of rotatable bonds is 3. The van der Waals surface area contributed by atoms with Crippen molar-refractivity contribution in [3.8, 4) is 6.07 Å². The van der Waals surface area contributed by atoms with E-state index in [1.54, 1.807) is 18.2 Å². The maximum absolute atomic E-state index is 12.8. The Balaban J connectivity index is 2.29. The molecule has 4 unspecified atom stereocenters. The summed E-state index contributed by atoms with van der Waals surface area (Å²) in [4.78, 5) is 0.557. The van der Waals surface area contributed by atoms with Crippen molar-refractivity contribution in [1.29, 1.82) is 5.26 Å². The lowest BCUT2D eigenvalue weighted by atomic mass is 9.81. The Labute approximate surface area is 132 Å². The zero-order valence-electron chi connectivity index (χ0n) is 11.3. The average Bonchev–Trinajstić information content (AvgIpc) is 2.48. The molecule has 20 heavy (non-hydrogen) atoms. The van der Waals surface area contributed by atoms with Crippen LogP contribution in [-0.2, 0) is 10.8 Å². The van der Waals surface area contributed by atoms with Gasteiger partial charge in [-0.15, -0.1) is 0 Å². The molecule has 0 aliphatic heterocycles. The SMILES string of the molecule is CCC1CCC(C#N)C(S(=O)c2cc(Cl)ccc2Cl)C1. The molecule has 2 rings (SSSR count). The molecule has 0 radical (unpaired) electrons. The normalized spacial score (nSPS) is 27.8. The van der Waals surface area contributed by atoms with Crippen LogP contribution in [0, 0.1) is 23.2 Å². The second kappa shape index (κ2) is 6.93. The van der Waals surface area contributed by atoms with Crippen LogP contribution >= 0.6 is 23.2 Å². The minimum atomic E-state index is -1.28. The number of hydrogen-bond acceptors (Lipinski definition) is 2. The van der Waals surface area contributed by atoms with E-state index >= 15 is 0 Å². The van der Waals surface area contributed by atoms with Gasteiger partial charge >= 0.3 is 0 Å². The van der Waals surface area contributed by atoms with Crippen LogP contribution in [0.3, 0.4) is 0 Å². The van der Waals surface area contributed by atoms with Gasteiger partial charge in [-0.3, -0.25) is 4.21 Å². The molecule has 4 atom stereocenters. The van der Waals surface area contributed by atoms with Crippen LogP contribution in [0.15, 0.2) is 23.1 Å². The maximum Gasteiger partial charge on any atom is 0.0668 e. The van der Waals surface area contributed by atoms with E-state index in [1.807, 2.05) is 0 Å². The van der Waals surface area contributed by atoms with Gasteiger partial charge in [0.25, 0.3) is 0 Å². The fourth-order valence-corrected chi connectivity index (χ4v) is 5.12. The van der Waals surface area contributed by atoms with Crippen molar-refractivity contribution in [2.45, 2.75) is 42.8 Å². The molecule has 0 N–H and O–H groups in total. The van der Waals surface area contributed by atoms with Gasteiger partial charge in [-0.2, -0.15) is 5.26 Å². The summed E-state index contributed by atoms with van der Waals surface area (Å²) in [6.45, 7) is 2.14. The van der Waals surface area contributed by atoms with E-state index in [0.717, 1.165) is 25.7 Å². The third kappa shape index (κ3) is 3.36. The van der Waals surface area contributed by atoms with Gasteiger partial charge in [0.1, 0.15) is 0 Å². The number of benzene rings is 1. The van der Waals surface area contributed by atoms with Gasteiger partial charge in [-0.1, -0.05) is 36.5 Å². The summed E-state index contributed by atoms with van der Waals surface area (Å²) in [7, 11) is -1.28. The molecule has 1 aliphatic rings. The van der Waals surface area contributed by atoms with Gasteiger partial charge in [-0.05, 0) is 43.4 Å². The monoisotopic (exact) mass is 329 g/mol. The van der Waals surface area contributed by atoms with E-state index < -0.39 is 10.8 Å². The van der Waals surface area contributed by atoms with Crippen molar-refractivity contribution in [3.63, 3.8) is 0 Å². The van der Waals surface area contributed by atoms with Crippen LogP contribution in [0.4, 0.5) is 0 Å². The van der Waals surface area contributed by atoms with Crippen molar-refractivity contribution in [2.24, 2.45) is 11.8 Å². The Bertz CT molecular complexity index is 555. The van der Waals surface area contributed by atoms with Crippen LogP contribution in [0.1, 0.15) is 32.6 Å². The Kier molecular flexibility index (Phi) is 5.49. The molecule has 1 aliphatic carbocycles. The molecule has 5 heteroatoms. The first-order chi connectivity index (χ1) is 9.56. The lowest BCUT2D eigenvalue weighted by Crippen LogP contribution is -2.32. The summed E-state index contributed by atoms with van der Waals surface area (Å²) in [5, 5.41) is 10.1. The molecule has 1 fully saturated rings. The fourth-order valence-electron chi connectivity index (χ4n) is 2.76. The molecular weight excluding hydrogens is 313 g/mol. The zero-order valence-corrected chi connectivity index (χ0v) is 13.6. The predicted molar refractivity (Wildman–Crippen MR) is 83.4 cm³/mol. The third-order valence-electron chi connectivity index (χ3n) is 4.03. The maximum atomic E-state index is 12.8. The van der Waals surface area contributed by atoms with E-state index in [4.69, 9.17) is 23.2 Å². The standard InChI is InChI=1S/C15H17Cl2NOS/c1-2-10-3-4-11(9-18)14(7-10)20(19)15-8-12(16)5-6-13(15)17/h5-6,8,10-11,14H,2-4,7H2,1H3. The van der Waals surface area contributed by atoms with Crippen LogP contribution in [0.2, 0.25) is 10.0 Å². The van der Waals surface area contributed by atoms with Crippen molar-refractivity contribution in [1.82, 2.24) is 0 Å². The van der Waals surface area contributed by atoms with Gasteiger partial charge in [0, 0.05) is 5.02 Å². The Morgan fingerprint density at radius 2 is 2.15 bits per heavy atom. The number of hydrogen-bond donors (Lipinski definition) is 0. The molecule has 0 amide bonds. The van der Waals surface area contributed by atoms with E-state index in [1.165, 1.54) is 0 Å². The third-order valence-corrected chi connectivity index (χ3v) is 6.55. The van der Waals surface area contributed by atoms with Gasteiger partial charge in [0.05, 0.1) is 38.0 Å². The summed E-state index contributed by atoms with van der Waals surface area (Å²) in [6, 6.07) is 7.32. The highest BCUT2D eigenvalue weighted by molar-refractivity contribution is 7.85. The Morgan fingerprint density at radius 1 is 1.40 bits per heavy atom. The van der Waals surface area contributed by atoms with Crippen molar-refractivity contribution in [3.05, 3.63) is 28.2 Å². The Hall–Kier alpha value is -0.560. The molecule has 0 spiro atoms. The number of halogens is 2. The average molecular weight is 330 g/mol. The van der Waals surface area contributed by atoms with Crippen LogP contribution in [0.25, 0.3) is 0 Å². The topological polar surface area (TPSA) is 40.9 Å². The van der Waals surface area contributed by atoms with Gasteiger partial charge in [0.2, 0.25) is 0 Å². The summed E-state index contributed by atoms with van der Waals surface area (Å²) < 4.78 is 12.8. The van der Waals surface area contributed by atoms with Gasteiger partial charge in [-0.25, -0.2) is 0 Å². The van der Waals surface area contributed by atoms with Crippen molar-refractivity contribution in [2.75, 3.05) is 0 Å². The zero-order chi connectivity index (χ0) is 14.7. The molecule has 1 saturated carbocycles. The molecule has 1 aromatic rings. The quantitative estimate of drug-likeness (QED) is 0.797. The fraction of sp³-hybridized carbons (Fsp3) is 0.533. The summed E-state index contributed by atoms with van der Waals surface area (Å²) in [5.41, 5.74) is 0. The number of nitriles is 1. The Morgan fingerprint density at radius 3 is 2.80 bits per heavy atom. The highest BCUT2D eigenvalue weighted by Gasteiger charge is 2.35. The molecule has 0 bridgehead atoms. The van der Waals surface area contributed by atoms with Crippen LogP contribution in [0.5, 0.6) is 0 Å². The second-order valence-electron chi connectivity index (χ2n) is 5.23. The van der Waals surface area contributed by atoms with Crippen LogP contribution < -0.4 is 0 Å². The summed E-state index contributed by atoms with van der Waals surface area (Å²) in [6.07, 6.45) is 3.76. The highest BCUT2D eigenvalue weighted by Crippen LogP contribution is 2.37. The first-order valence-electron chi connectivity index (χ1n) is 6.82. The predicted octanol–water partition coefficient (Wildman–Crippen LogP) is 4.82. The van der Waals surface area contributed by atoms with E-state index in [0.29, 0.717) is 20.9 Å². The molecule has 0 aromatic heterocycles. The van der Waals surface area contributed by atoms with E-state index in [9.17, 15) is 9.47 Å². The van der Waals surface area contributed by atoms with Crippen molar-refractivity contribution < 1.29 is 4.21 Å². The lowest BCUT2D eigenvalue weighted by Gasteiger charge is -2.31. The lowest BCUT2D eigenvalue weighted by molar-refractivity contribution is 0.313. The number of nitrogens with zero attached hydrogens (tertiary/aromatic N) is 1. The van der Waals surface area contributed by atoms with Gasteiger partial charge in [0.15, 0.2) is 0 Å². The summed E-state index contributed by atoms with van der Waals surface area (Å²) >= 11 is 12.1. The first-order valence-corrected chi connectivity index (χ1v) is 8.79. The molecular formula is C15H17Cl2NOS. The molecule has 108 valence electrons. The van der Waals surface area contributed by atoms with E-state index in [-0.39, 0.29) is 11.2 Å². The highest BCUT2D eigenvalue weighted by atomic mass is 35.5. The minimum absolute atomic E-state index is 0.144. The molecule has 1 aromatic carbocycles. The molecule has 0 heterocycles.